The van der Waals surface area contributed by atoms with Crippen molar-refractivity contribution in [3.05, 3.63) is 10.4 Å². The fraction of sp³-hybridized carbons (Fsp3) is 0.889. The van der Waals surface area contributed by atoms with Gasteiger partial charge >= 0.3 is 6.03 Å². The lowest BCUT2D eigenvalue weighted by atomic mass is 9.84. The van der Waals surface area contributed by atoms with Gasteiger partial charge in [0, 0.05) is 16.9 Å². The zero-order chi connectivity index (χ0) is 21.7. The Morgan fingerprint density at radius 3 is 2.41 bits per heavy atom. The molecule has 9 nitrogen and oxygen atoms in total. The molecule has 2 fully saturated rings. The maximum atomic E-state index is 13.1. The second-order valence-electron chi connectivity index (χ2n) is 8.97. The average Bonchev–Trinajstić information content (AvgIpc) is 3.19. The number of urea groups is 1. The van der Waals surface area contributed by atoms with Crippen molar-refractivity contribution >= 4 is 27.6 Å². The monoisotopic (exact) mass is 405 g/mol. The zero-order valence-corrected chi connectivity index (χ0v) is 18.4. The number of ether oxygens (including phenoxy) is 2. The Morgan fingerprint density at radius 2 is 1.83 bits per heavy atom. The summed E-state index contributed by atoms with van der Waals surface area (Å²) >= 11 is 0. The van der Waals surface area contributed by atoms with Gasteiger partial charge in [0.05, 0.1) is 24.8 Å². The molecule has 160 valence electrons. The third kappa shape index (κ3) is 6.14. The number of rotatable bonds is 7. The predicted molar refractivity (Wildman–Crippen MR) is 115 cm³/mol. The van der Waals surface area contributed by atoms with E-state index in [2.05, 4.69) is 29.2 Å². The Labute approximate surface area is 174 Å². The second-order valence-corrected chi connectivity index (χ2v) is 8.97. The molecule has 6 atom stereocenters. The molecule has 2 heterocycles. The van der Waals surface area contributed by atoms with E-state index in [1.807, 2.05) is 29.5 Å². The Morgan fingerprint density at radius 1 is 1.17 bits per heavy atom. The van der Waals surface area contributed by atoms with Gasteiger partial charge in [0.15, 0.2) is 0 Å². The van der Waals surface area contributed by atoms with Crippen LogP contribution in [0.15, 0.2) is 5.11 Å². The number of nitrogens with zero attached hydrogens (tertiary/aromatic N) is 4. The molecule has 2 aliphatic rings. The van der Waals surface area contributed by atoms with Gasteiger partial charge in [-0.3, -0.25) is 9.69 Å². The molecule has 0 aliphatic carbocycles. The van der Waals surface area contributed by atoms with E-state index in [9.17, 15) is 9.59 Å². The molecule has 0 bridgehead atoms. The number of carbonyl (C=O) groups excluding carboxylic acids is 2. The van der Waals surface area contributed by atoms with Crippen LogP contribution < -0.4 is 5.32 Å². The summed E-state index contributed by atoms with van der Waals surface area (Å²) in [5.41, 5.74) is 8.57. The van der Waals surface area contributed by atoms with Gasteiger partial charge in [0.1, 0.15) is 22.2 Å². The van der Waals surface area contributed by atoms with Gasteiger partial charge in [-0.2, -0.15) is 0 Å². The van der Waals surface area contributed by atoms with Crippen LogP contribution in [-0.2, 0) is 14.3 Å². The molecule has 0 aromatic carbocycles. The van der Waals surface area contributed by atoms with Crippen LogP contribution in [0.5, 0.6) is 0 Å². The van der Waals surface area contributed by atoms with Gasteiger partial charge in [-0.1, -0.05) is 32.8 Å². The summed E-state index contributed by atoms with van der Waals surface area (Å²) in [6.07, 6.45) is 1.25. The molecule has 0 aromatic heterocycles. The third-order valence-corrected chi connectivity index (χ3v) is 5.86. The zero-order valence-electron chi connectivity index (χ0n) is 18.4. The Balaban J connectivity index is 2.15. The highest BCUT2D eigenvalue weighted by Gasteiger charge is 2.40. The molecular weight excluding hydrogens is 372 g/mol. The van der Waals surface area contributed by atoms with Crippen LogP contribution in [0.3, 0.4) is 0 Å². The maximum Gasteiger partial charge on any atom is 0.324 e. The number of imide groups is 1. The molecule has 2 rings (SSSR count). The summed E-state index contributed by atoms with van der Waals surface area (Å²) in [6.45, 7) is 8.09. The number of hydrogen-bond donors (Lipinski definition) is 1. The van der Waals surface area contributed by atoms with Gasteiger partial charge in [-0.25, -0.2) is 4.79 Å². The third-order valence-electron chi connectivity index (χ3n) is 5.86. The number of amides is 3. The molecule has 11 heteroatoms. The smallest absolute Gasteiger partial charge is 0.324 e. The number of nitrogens with one attached hydrogen (secondary N) is 1. The summed E-state index contributed by atoms with van der Waals surface area (Å²) in [4.78, 5) is 29.5. The molecule has 3 amide bonds. The molecule has 0 saturated carbocycles. The molecule has 6 unspecified atom stereocenters. The van der Waals surface area contributed by atoms with E-state index >= 15 is 0 Å². The van der Waals surface area contributed by atoms with Crippen LogP contribution >= 0.6 is 0 Å². The highest BCUT2D eigenvalue weighted by atomic mass is 16.5. The van der Waals surface area contributed by atoms with E-state index in [-0.39, 0.29) is 48.6 Å². The molecule has 2 aliphatic heterocycles. The van der Waals surface area contributed by atoms with Gasteiger partial charge in [-0.05, 0) is 36.1 Å². The first-order valence-electron chi connectivity index (χ1n) is 10.6. The Bertz CT molecular complexity index is 644. The summed E-state index contributed by atoms with van der Waals surface area (Å²) in [5, 5.41) is 6.33. The fourth-order valence-corrected chi connectivity index (χ4v) is 4.43. The molecule has 0 radical (unpaired) electrons. The highest BCUT2D eigenvalue weighted by Crippen LogP contribution is 2.32. The van der Waals surface area contributed by atoms with Gasteiger partial charge in [0.25, 0.3) is 0 Å². The number of hydrogen-bond acceptors (Lipinski definition) is 5. The van der Waals surface area contributed by atoms with E-state index in [1.165, 1.54) is 0 Å². The molecule has 0 aromatic rings. The molecule has 1 N–H and O–H groups in total. The Hall–Kier alpha value is -1.70. The minimum Gasteiger partial charge on any atom is -0.382 e. The molecule has 29 heavy (non-hydrogen) atoms. The van der Waals surface area contributed by atoms with E-state index < -0.39 is 18.5 Å². The van der Waals surface area contributed by atoms with Crippen molar-refractivity contribution < 1.29 is 19.1 Å². The summed E-state index contributed by atoms with van der Waals surface area (Å²) in [7, 11) is 3.99. The average molecular weight is 405 g/mol. The largest absolute Gasteiger partial charge is 0.382 e. The van der Waals surface area contributed by atoms with Crippen LogP contribution in [0.2, 0.25) is 0 Å². The van der Waals surface area contributed by atoms with Gasteiger partial charge in [-0.15, -0.1) is 0 Å². The molecule has 0 spiro atoms. The normalized spacial score (nSPS) is 31.7. The van der Waals surface area contributed by atoms with E-state index in [1.54, 1.807) is 0 Å². The van der Waals surface area contributed by atoms with Crippen molar-refractivity contribution in [2.75, 3.05) is 13.1 Å². The predicted octanol–water partition coefficient (Wildman–Crippen LogP) is 0.628. The summed E-state index contributed by atoms with van der Waals surface area (Å²) in [6, 6.07) is -0.526. The first-order chi connectivity index (χ1) is 13.6. The van der Waals surface area contributed by atoms with Crippen LogP contribution in [-0.4, -0.2) is 75.9 Å². The summed E-state index contributed by atoms with van der Waals surface area (Å²) < 4.78 is 11.9. The minimum atomic E-state index is -0.529. The van der Waals surface area contributed by atoms with Gasteiger partial charge in [0.2, 0.25) is 5.91 Å². The lowest BCUT2D eigenvalue weighted by molar-refractivity contribution is -0.128. The van der Waals surface area contributed by atoms with Crippen LogP contribution in [0.4, 0.5) is 4.79 Å². The number of carbonyl (C=O) groups is 2. The van der Waals surface area contributed by atoms with Crippen LogP contribution in [0, 0.1) is 17.8 Å². The fourth-order valence-electron chi connectivity index (χ4n) is 4.43. The maximum absolute atomic E-state index is 13.1. The van der Waals surface area contributed by atoms with Crippen molar-refractivity contribution in [3.8, 4) is 0 Å². The molecular formula is C18H33B2N5O4. The lowest BCUT2D eigenvalue weighted by Crippen LogP contribution is -2.53. The van der Waals surface area contributed by atoms with Crippen molar-refractivity contribution in [1.82, 2.24) is 10.2 Å². The SMILES string of the molecule is BC1CC(C(C)C)C(CN(C(=O)CN=[N+]=[N-])C(=O)NC2CC(B)OC2C(C)C)O1. The Kier molecular flexibility index (Phi) is 8.43. The van der Waals surface area contributed by atoms with E-state index in [0.29, 0.717) is 12.3 Å². The van der Waals surface area contributed by atoms with Crippen molar-refractivity contribution in [1.29, 1.82) is 0 Å². The minimum absolute atomic E-state index is 0.0457. The topological polar surface area (TPSA) is 117 Å². The van der Waals surface area contributed by atoms with Crippen molar-refractivity contribution in [2.45, 2.75) is 70.8 Å². The first kappa shape index (κ1) is 23.6. The van der Waals surface area contributed by atoms with Gasteiger partial charge < -0.3 is 14.8 Å². The van der Waals surface area contributed by atoms with Crippen molar-refractivity contribution in [3.63, 3.8) is 0 Å². The second kappa shape index (κ2) is 10.4. The summed E-state index contributed by atoms with van der Waals surface area (Å²) in [5.74, 6) is 0.336. The van der Waals surface area contributed by atoms with Crippen LogP contribution in [0.1, 0.15) is 40.5 Å². The molecule has 2 saturated heterocycles. The highest BCUT2D eigenvalue weighted by molar-refractivity contribution is 6.11. The lowest BCUT2D eigenvalue weighted by Gasteiger charge is -2.30. The van der Waals surface area contributed by atoms with Crippen LogP contribution in [0.25, 0.3) is 10.4 Å². The number of azide groups is 1. The first-order valence-corrected chi connectivity index (χ1v) is 10.6. The van der Waals surface area contributed by atoms with Crippen molar-refractivity contribution in [2.24, 2.45) is 22.9 Å². The quantitative estimate of drug-likeness (QED) is 0.289. The standard InChI is InChI=1S/C18H33B2N5O4/c1-9(2)11-5-14(19)28-13(11)8-25(16(26)7-22-24-21)18(27)23-12-6-15(20)29-17(12)10(3)4/h9-15,17H,5-8,19-20H2,1-4H3,(H,23,27). The van der Waals surface area contributed by atoms with E-state index in [4.69, 9.17) is 15.0 Å². The van der Waals surface area contributed by atoms with E-state index in [0.717, 1.165) is 11.3 Å².